The van der Waals surface area contributed by atoms with Gasteiger partial charge in [0.15, 0.2) is 0 Å². The predicted molar refractivity (Wildman–Crippen MR) is 121 cm³/mol. The molecule has 0 radical (unpaired) electrons. The van der Waals surface area contributed by atoms with Gasteiger partial charge in [-0.3, -0.25) is 4.98 Å². The molecule has 1 aromatic carbocycles. The van der Waals surface area contributed by atoms with Gasteiger partial charge in [-0.1, -0.05) is 19.0 Å². The lowest BCUT2D eigenvalue weighted by atomic mass is 10.0. The molecule has 0 bridgehead atoms. The third-order valence-electron chi connectivity index (χ3n) is 3.97. The van der Waals surface area contributed by atoms with Crippen molar-refractivity contribution in [1.29, 1.82) is 0 Å². The van der Waals surface area contributed by atoms with E-state index in [1.54, 1.807) is 24.5 Å². The quantitative estimate of drug-likeness (QED) is 0.180. The Hall–Kier alpha value is -4.39. The molecule has 190 valence electrons. The van der Waals surface area contributed by atoms with E-state index in [9.17, 15) is 4.39 Å². The summed E-state index contributed by atoms with van der Waals surface area (Å²) in [5.41, 5.74) is 2.28. The topological polar surface area (TPSA) is 187 Å². The molecule has 13 heteroatoms. The van der Waals surface area contributed by atoms with E-state index in [0.29, 0.717) is 12.3 Å². The van der Waals surface area contributed by atoms with Gasteiger partial charge in [0, 0.05) is 30.1 Å². The first-order valence-electron chi connectivity index (χ1n) is 10.0. The molecule has 1 aromatic heterocycles. The van der Waals surface area contributed by atoms with Gasteiger partial charge in [-0.25, -0.2) is 23.6 Å². The highest BCUT2D eigenvalue weighted by atomic mass is 19.1. The van der Waals surface area contributed by atoms with Gasteiger partial charge in [-0.05, 0) is 49.5 Å². The number of pyridine rings is 1. The number of oxime groups is 1. The fourth-order valence-corrected chi connectivity index (χ4v) is 2.20. The van der Waals surface area contributed by atoms with Crippen LogP contribution < -0.4 is 0 Å². The smallest absolute Gasteiger partial charge is 0.414 e. The summed E-state index contributed by atoms with van der Waals surface area (Å²) < 4.78 is 13.1. The monoisotopic (exact) mass is 495 g/mol. The number of hydrogen-bond donors (Lipinski definition) is 4. The Bertz CT molecular complexity index is 931. The third kappa shape index (κ3) is 13.7. The van der Waals surface area contributed by atoms with Crippen LogP contribution in [0.4, 0.5) is 4.39 Å². The van der Waals surface area contributed by atoms with Crippen LogP contribution in [0.5, 0.6) is 0 Å². The van der Waals surface area contributed by atoms with Gasteiger partial charge in [0.1, 0.15) is 18.1 Å². The van der Waals surface area contributed by atoms with Crippen LogP contribution in [0, 0.1) is 5.82 Å². The van der Waals surface area contributed by atoms with Crippen LogP contribution in [0.3, 0.4) is 0 Å². The Kier molecular flexibility index (Phi) is 15.0. The lowest BCUT2D eigenvalue weighted by Gasteiger charge is -2.16. The molecule has 2 aromatic rings. The van der Waals surface area contributed by atoms with E-state index in [1.165, 1.54) is 12.1 Å². The van der Waals surface area contributed by atoms with E-state index in [1.807, 2.05) is 12.1 Å². The Balaban J connectivity index is 0.000000797. The number of benzene rings is 1. The highest BCUT2D eigenvalue weighted by Crippen LogP contribution is 2.11. The van der Waals surface area contributed by atoms with Crippen molar-refractivity contribution >= 4 is 29.6 Å². The molecule has 2 rings (SSSR count). The minimum absolute atomic E-state index is 0.276. The van der Waals surface area contributed by atoms with Crippen molar-refractivity contribution in [2.45, 2.75) is 13.8 Å². The minimum Gasteiger partial charge on any atom is -0.473 e. The van der Waals surface area contributed by atoms with Gasteiger partial charge in [-0.15, -0.1) is 0 Å². The summed E-state index contributed by atoms with van der Waals surface area (Å²) in [7, 11) is 0. The van der Waals surface area contributed by atoms with Crippen molar-refractivity contribution in [3.63, 3.8) is 0 Å². The van der Waals surface area contributed by atoms with Gasteiger partial charge in [0.25, 0.3) is 0 Å². The van der Waals surface area contributed by atoms with Crippen LogP contribution in [-0.2, 0) is 24.0 Å². The molecule has 4 N–H and O–H groups in total. The van der Waals surface area contributed by atoms with Crippen LogP contribution in [0.2, 0.25) is 0 Å². The standard InChI is InChI=1S/C18H22FN3O.2C2H2O4/c1-3-22(4-2)12-13-23-21-18(16-6-5-11-20-14-16)15-7-9-17(19)10-8-15;2*3-1(4)2(5)6/h5-11,14H,3-4,12-13H2,1-2H3;2*(H,3,4)(H,5,6)/b21-18+;;. The number of rotatable bonds is 8. The first-order chi connectivity index (χ1) is 16.5. The van der Waals surface area contributed by atoms with E-state index in [0.717, 1.165) is 30.8 Å². The Morgan fingerprint density at radius 2 is 1.40 bits per heavy atom. The van der Waals surface area contributed by atoms with E-state index in [-0.39, 0.29) is 5.82 Å². The average Bonchev–Trinajstić information content (AvgIpc) is 2.83. The molecule has 0 unspecified atom stereocenters. The van der Waals surface area contributed by atoms with Gasteiger partial charge < -0.3 is 30.2 Å². The molecule has 0 aliphatic carbocycles. The maximum atomic E-state index is 13.1. The third-order valence-corrected chi connectivity index (χ3v) is 3.97. The molecule has 35 heavy (non-hydrogen) atoms. The number of likely N-dealkylation sites (N-methyl/N-ethyl adjacent to an activating group) is 1. The molecular weight excluding hydrogens is 469 g/mol. The summed E-state index contributed by atoms with van der Waals surface area (Å²) in [5.74, 6) is -7.57. The number of carboxylic acid groups (broad SMARTS) is 4. The molecule has 1 heterocycles. The maximum absolute atomic E-state index is 13.1. The highest BCUT2D eigenvalue weighted by Gasteiger charge is 2.09. The fourth-order valence-electron chi connectivity index (χ4n) is 2.20. The number of carbonyl (C=O) groups is 4. The Morgan fingerprint density at radius 1 is 0.886 bits per heavy atom. The van der Waals surface area contributed by atoms with E-state index < -0.39 is 23.9 Å². The molecule has 0 spiro atoms. The summed E-state index contributed by atoms with van der Waals surface area (Å²) in [6.45, 7) is 7.53. The summed E-state index contributed by atoms with van der Waals surface area (Å²) in [6.07, 6.45) is 3.42. The normalized spacial score (nSPS) is 10.2. The average molecular weight is 495 g/mol. The van der Waals surface area contributed by atoms with Crippen LogP contribution in [0.25, 0.3) is 0 Å². The summed E-state index contributed by atoms with van der Waals surface area (Å²) in [5, 5.41) is 33.8. The van der Waals surface area contributed by atoms with Crippen LogP contribution >= 0.6 is 0 Å². The van der Waals surface area contributed by atoms with Gasteiger partial charge in [0.05, 0.1) is 0 Å². The summed E-state index contributed by atoms with van der Waals surface area (Å²) in [6, 6.07) is 9.95. The molecule has 0 aliphatic heterocycles. The van der Waals surface area contributed by atoms with Crippen molar-refractivity contribution in [2.24, 2.45) is 5.16 Å². The van der Waals surface area contributed by atoms with Crippen molar-refractivity contribution in [3.8, 4) is 0 Å². The first kappa shape index (κ1) is 30.6. The lowest BCUT2D eigenvalue weighted by molar-refractivity contribution is -0.159. The lowest BCUT2D eigenvalue weighted by Crippen LogP contribution is -2.26. The number of nitrogens with zero attached hydrogens (tertiary/aromatic N) is 3. The summed E-state index contributed by atoms with van der Waals surface area (Å²) >= 11 is 0. The zero-order chi connectivity index (χ0) is 26.8. The second-order valence-electron chi connectivity index (χ2n) is 6.27. The van der Waals surface area contributed by atoms with Crippen LogP contribution in [-0.4, -0.2) is 86.1 Å². The molecule has 0 saturated heterocycles. The summed E-state index contributed by atoms with van der Waals surface area (Å²) in [4.78, 5) is 48.3. The van der Waals surface area contributed by atoms with Crippen molar-refractivity contribution in [2.75, 3.05) is 26.2 Å². The van der Waals surface area contributed by atoms with E-state index >= 15 is 0 Å². The number of halogens is 1. The second kappa shape index (κ2) is 17.1. The zero-order valence-corrected chi connectivity index (χ0v) is 19.0. The van der Waals surface area contributed by atoms with Crippen molar-refractivity contribution in [3.05, 3.63) is 65.7 Å². The van der Waals surface area contributed by atoms with E-state index in [2.05, 4.69) is 28.9 Å². The van der Waals surface area contributed by atoms with Crippen molar-refractivity contribution in [1.82, 2.24) is 9.88 Å². The van der Waals surface area contributed by atoms with Gasteiger partial charge in [-0.2, -0.15) is 0 Å². The molecule has 12 nitrogen and oxygen atoms in total. The molecule has 0 aliphatic rings. The molecule has 0 atom stereocenters. The first-order valence-corrected chi connectivity index (χ1v) is 10.0. The van der Waals surface area contributed by atoms with Crippen LogP contribution in [0.15, 0.2) is 53.9 Å². The fraction of sp³-hybridized carbons (Fsp3) is 0.273. The zero-order valence-electron chi connectivity index (χ0n) is 19.0. The van der Waals surface area contributed by atoms with Crippen molar-refractivity contribution < 1.29 is 48.8 Å². The molecule has 0 amide bonds. The molecule has 0 fully saturated rings. The highest BCUT2D eigenvalue weighted by molar-refractivity contribution is 6.27. The van der Waals surface area contributed by atoms with E-state index in [4.69, 9.17) is 44.4 Å². The molecular formula is C22H26FN3O9. The van der Waals surface area contributed by atoms with Crippen LogP contribution in [0.1, 0.15) is 25.0 Å². The second-order valence-corrected chi connectivity index (χ2v) is 6.27. The Morgan fingerprint density at radius 3 is 1.80 bits per heavy atom. The Labute approximate surface area is 199 Å². The minimum atomic E-state index is -1.82. The SMILES string of the molecule is CCN(CC)CCO/N=C(\c1ccc(F)cc1)c1cccnc1.O=C(O)C(=O)O.O=C(O)C(=O)O. The predicted octanol–water partition coefficient (Wildman–Crippen LogP) is 1.64. The van der Waals surface area contributed by atoms with Gasteiger partial charge in [0.2, 0.25) is 0 Å². The number of aliphatic carboxylic acids is 4. The largest absolute Gasteiger partial charge is 0.473 e. The maximum Gasteiger partial charge on any atom is 0.414 e. The van der Waals surface area contributed by atoms with Gasteiger partial charge >= 0.3 is 23.9 Å². The number of aromatic nitrogens is 1. The molecule has 0 saturated carbocycles. The number of carboxylic acids is 4. The number of hydrogen-bond acceptors (Lipinski definition) is 8.